The topological polar surface area (TPSA) is 79.7 Å². The van der Waals surface area contributed by atoms with Gasteiger partial charge in [-0.2, -0.15) is 0 Å². The molecule has 2 heterocycles. The number of H-pyrrole nitrogens is 1. The molecular weight excluding hydrogens is 436 g/mol. The van der Waals surface area contributed by atoms with Crippen molar-refractivity contribution in [3.05, 3.63) is 51.6 Å². The van der Waals surface area contributed by atoms with E-state index in [2.05, 4.69) is 63.0 Å². The predicted octanol–water partition coefficient (Wildman–Crippen LogP) is 5.86. The number of rotatable bonds is 7. The van der Waals surface area contributed by atoms with Crippen LogP contribution in [-0.4, -0.2) is 36.1 Å². The summed E-state index contributed by atoms with van der Waals surface area (Å²) >= 11 is 0. The Hall–Kier alpha value is -2.54. The normalized spacial score (nSPS) is 19.1. The molecule has 0 unspecified atom stereocenters. The Balaban J connectivity index is 1.54. The second-order valence-electron chi connectivity index (χ2n) is 11.1. The second-order valence-corrected chi connectivity index (χ2v) is 11.1. The number of hydrogen-bond acceptors (Lipinski definition) is 5. The molecule has 2 aliphatic carbocycles. The number of tetrazole rings is 1. The van der Waals surface area contributed by atoms with Gasteiger partial charge in [-0.15, -0.1) is 5.10 Å². The van der Waals surface area contributed by atoms with Crippen LogP contribution in [0.5, 0.6) is 0 Å². The van der Waals surface area contributed by atoms with Gasteiger partial charge in [-0.05, 0) is 72.5 Å². The maximum Gasteiger partial charge on any atom is 0.252 e. The van der Waals surface area contributed by atoms with Crippen LogP contribution in [0.1, 0.15) is 107 Å². The van der Waals surface area contributed by atoms with Crippen LogP contribution in [0.4, 0.5) is 0 Å². The van der Waals surface area contributed by atoms with Crippen molar-refractivity contribution < 1.29 is 0 Å². The molecule has 7 nitrogen and oxygen atoms in total. The van der Waals surface area contributed by atoms with Crippen LogP contribution in [0.2, 0.25) is 0 Å². The van der Waals surface area contributed by atoms with E-state index in [4.69, 9.17) is 0 Å². The van der Waals surface area contributed by atoms with E-state index in [1.807, 2.05) is 12.1 Å². The Morgan fingerprint density at radius 2 is 1.74 bits per heavy atom. The Morgan fingerprint density at radius 3 is 2.46 bits per heavy atom. The van der Waals surface area contributed by atoms with E-state index < -0.39 is 0 Å². The maximum atomic E-state index is 13.2. The van der Waals surface area contributed by atoms with E-state index >= 15 is 0 Å². The maximum absolute atomic E-state index is 13.2. The van der Waals surface area contributed by atoms with Crippen molar-refractivity contribution in [2.24, 2.45) is 5.92 Å². The number of hydrogen-bond donors (Lipinski definition) is 1. The molecule has 0 amide bonds. The first kappa shape index (κ1) is 24.2. The van der Waals surface area contributed by atoms with Gasteiger partial charge in [0.25, 0.3) is 5.56 Å². The highest BCUT2D eigenvalue weighted by Crippen LogP contribution is 2.37. The Bertz CT molecular complexity index is 1190. The molecule has 0 spiro atoms. The lowest BCUT2D eigenvalue weighted by molar-refractivity contribution is 0.0590. The highest BCUT2D eigenvalue weighted by atomic mass is 16.1. The van der Waals surface area contributed by atoms with E-state index in [1.54, 1.807) is 0 Å². The molecule has 0 radical (unpaired) electrons. The third-order valence-electron chi connectivity index (χ3n) is 8.17. The van der Waals surface area contributed by atoms with Gasteiger partial charge in [0.2, 0.25) is 0 Å². The predicted molar refractivity (Wildman–Crippen MR) is 139 cm³/mol. The minimum atomic E-state index is 0.0107. The third kappa shape index (κ3) is 5.20. The van der Waals surface area contributed by atoms with Gasteiger partial charge in [0, 0.05) is 23.7 Å². The summed E-state index contributed by atoms with van der Waals surface area (Å²) in [5.74, 6) is 1.30. The molecule has 1 atom stereocenters. The fourth-order valence-electron chi connectivity index (χ4n) is 6.36. The number of nitrogens with zero attached hydrogens (tertiary/aromatic N) is 5. The molecule has 2 fully saturated rings. The van der Waals surface area contributed by atoms with Gasteiger partial charge in [0.05, 0.1) is 12.1 Å². The quantitative estimate of drug-likeness (QED) is 0.462. The van der Waals surface area contributed by atoms with Crippen LogP contribution in [0.25, 0.3) is 10.9 Å². The van der Waals surface area contributed by atoms with Crippen LogP contribution < -0.4 is 5.56 Å². The highest BCUT2D eigenvalue weighted by Gasteiger charge is 2.36. The van der Waals surface area contributed by atoms with Gasteiger partial charge in [0.1, 0.15) is 0 Å². The van der Waals surface area contributed by atoms with E-state index in [0.717, 1.165) is 35.1 Å². The summed E-state index contributed by atoms with van der Waals surface area (Å²) in [6, 6.07) is 9.19. The fraction of sp³-hybridized carbons (Fsp3) is 0.643. The molecule has 0 aliphatic heterocycles. The van der Waals surface area contributed by atoms with Crippen LogP contribution in [-0.2, 0) is 6.54 Å². The molecule has 1 aromatic carbocycles. The number of aromatic nitrogens is 5. The van der Waals surface area contributed by atoms with E-state index in [0.29, 0.717) is 24.5 Å². The number of aromatic amines is 1. The Kier molecular flexibility index (Phi) is 7.32. The number of nitrogens with one attached hydrogen (secondary N) is 1. The van der Waals surface area contributed by atoms with Crippen molar-refractivity contribution in [2.45, 2.75) is 110 Å². The standard InChI is InChI=1S/C28H40N6O/c1-19(2)26(27-30-31-32-34(27)24-12-8-5-9-13-24)33(23-10-6-4-7-11-23)18-22-17-21-16-20(3)14-15-25(21)29-28(22)35/h14-17,19,23-24,26H,4-13,18H2,1-3H3,(H,29,35)/t26-/m1/s1. The largest absolute Gasteiger partial charge is 0.322 e. The lowest BCUT2D eigenvalue weighted by Gasteiger charge is -2.41. The summed E-state index contributed by atoms with van der Waals surface area (Å²) in [5.41, 5.74) is 2.94. The van der Waals surface area contributed by atoms with Crippen molar-refractivity contribution in [2.75, 3.05) is 0 Å². The first-order valence-electron chi connectivity index (χ1n) is 13.7. The first-order chi connectivity index (χ1) is 17.0. The molecule has 7 heteroatoms. The van der Waals surface area contributed by atoms with Crippen molar-refractivity contribution in [1.82, 2.24) is 30.1 Å². The van der Waals surface area contributed by atoms with Gasteiger partial charge in [-0.25, -0.2) is 4.68 Å². The first-order valence-corrected chi connectivity index (χ1v) is 13.7. The minimum Gasteiger partial charge on any atom is -0.322 e. The van der Waals surface area contributed by atoms with Crippen molar-refractivity contribution in [1.29, 1.82) is 0 Å². The SMILES string of the molecule is Cc1ccc2[nH]c(=O)c(CN(C3CCCCC3)[C@@H](c3nnnn3C3CCCCC3)C(C)C)cc2c1. The summed E-state index contributed by atoms with van der Waals surface area (Å²) in [6.45, 7) is 7.26. The minimum absolute atomic E-state index is 0.0107. The highest BCUT2D eigenvalue weighted by molar-refractivity contribution is 5.79. The summed E-state index contributed by atoms with van der Waals surface area (Å²) in [6.07, 6.45) is 12.2. The molecule has 1 N–H and O–H groups in total. The summed E-state index contributed by atoms with van der Waals surface area (Å²) < 4.78 is 2.13. The van der Waals surface area contributed by atoms with Crippen LogP contribution >= 0.6 is 0 Å². The van der Waals surface area contributed by atoms with E-state index in [-0.39, 0.29) is 11.6 Å². The summed E-state index contributed by atoms with van der Waals surface area (Å²) in [7, 11) is 0. The van der Waals surface area contributed by atoms with Crippen LogP contribution in [0.15, 0.2) is 29.1 Å². The van der Waals surface area contributed by atoms with Crippen molar-refractivity contribution in [3.63, 3.8) is 0 Å². The molecule has 2 aliphatic rings. The molecule has 5 rings (SSSR count). The lowest BCUT2D eigenvalue weighted by Crippen LogP contribution is -2.43. The molecule has 2 saturated carbocycles. The molecule has 0 bridgehead atoms. The van der Waals surface area contributed by atoms with Gasteiger partial charge in [-0.3, -0.25) is 9.69 Å². The summed E-state index contributed by atoms with van der Waals surface area (Å²) in [5, 5.41) is 14.4. The monoisotopic (exact) mass is 476 g/mol. The smallest absolute Gasteiger partial charge is 0.252 e. The van der Waals surface area contributed by atoms with Gasteiger partial charge in [0.15, 0.2) is 5.82 Å². The third-order valence-corrected chi connectivity index (χ3v) is 8.17. The average molecular weight is 477 g/mol. The van der Waals surface area contributed by atoms with Crippen molar-refractivity contribution >= 4 is 10.9 Å². The summed E-state index contributed by atoms with van der Waals surface area (Å²) in [4.78, 5) is 18.9. The molecule has 35 heavy (non-hydrogen) atoms. The zero-order valence-electron chi connectivity index (χ0n) is 21.5. The van der Waals surface area contributed by atoms with Crippen molar-refractivity contribution in [3.8, 4) is 0 Å². The van der Waals surface area contributed by atoms with Gasteiger partial charge >= 0.3 is 0 Å². The Morgan fingerprint density at radius 1 is 1.03 bits per heavy atom. The molecule has 0 saturated heterocycles. The van der Waals surface area contributed by atoms with E-state index in [1.165, 1.54) is 56.9 Å². The van der Waals surface area contributed by atoms with Crippen LogP contribution in [0, 0.1) is 12.8 Å². The molecule has 2 aromatic heterocycles. The molecular formula is C28H40N6O. The molecule has 188 valence electrons. The number of pyridine rings is 1. The second kappa shape index (κ2) is 10.6. The Labute approximate surface area is 208 Å². The van der Waals surface area contributed by atoms with Crippen LogP contribution in [0.3, 0.4) is 0 Å². The van der Waals surface area contributed by atoms with Gasteiger partial charge in [-0.1, -0.05) is 64.0 Å². The molecule has 3 aromatic rings. The fourth-order valence-corrected chi connectivity index (χ4v) is 6.36. The zero-order valence-corrected chi connectivity index (χ0v) is 21.5. The average Bonchev–Trinajstić information content (AvgIpc) is 3.34. The van der Waals surface area contributed by atoms with E-state index in [9.17, 15) is 4.79 Å². The number of fused-ring (bicyclic) bond motifs is 1. The number of aryl methyl sites for hydroxylation is 1. The lowest BCUT2D eigenvalue weighted by atomic mass is 9.89. The van der Waals surface area contributed by atoms with Gasteiger partial charge < -0.3 is 4.98 Å². The number of benzene rings is 1. The zero-order chi connectivity index (χ0) is 24.4.